The van der Waals surface area contributed by atoms with Crippen LogP contribution in [-0.2, 0) is 15.7 Å². The van der Waals surface area contributed by atoms with Gasteiger partial charge in [-0.2, -0.15) is 18.3 Å². The zero-order valence-corrected chi connectivity index (χ0v) is 16.4. The minimum absolute atomic E-state index is 0.0454. The topological polar surface area (TPSA) is 70.4 Å². The molecule has 0 N–H and O–H groups in total. The number of carbonyl (C=O) groups is 2. The van der Waals surface area contributed by atoms with E-state index in [0.717, 1.165) is 43.2 Å². The molecule has 2 aromatic carbocycles. The van der Waals surface area contributed by atoms with Crippen LogP contribution in [0.1, 0.15) is 26.4 Å². The van der Waals surface area contributed by atoms with Crippen molar-refractivity contribution >= 4 is 23.5 Å². The first-order chi connectivity index (χ1) is 14.2. The Balaban J connectivity index is 2.29. The van der Waals surface area contributed by atoms with Crippen molar-refractivity contribution in [3.05, 3.63) is 70.4 Å². The fourth-order valence-corrected chi connectivity index (χ4v) is 3.00. The third-order valence-corrected chi connectivity index (χ3v) is 4.43. The van der Waals surface area contributed by atoms with Crippen molar-refractivity contribution in [2.24, 2.45) is 0 Å². The van der Waals surface area contributed by atoms with Crippen LogP contribution in [0.4, 0.5) is 13.2 Å². The highest BCUT2D eigenvalue weighted by Crippen LogP contribution is 2.33. The van der Waals surface area contributed by atoms with Crippen molar-refractivity contribution in [2.45, 2.75) is 6.18 Å². The van der Waals surface area contributed by atoms with Crippen molar-refractivity contribution in [2.75, 3.05) is 14.2 Å². The highest BCUT2D eigenvalue weighted by atomic mass is 35.5. The van der Waals surface area contributed by atoms with Crippen LogP contribution in [-0.4, -0.2) is 35.9 Å². The van der Waals surface area contributed by atoms with Gasteiger partial charge >= 0.3 is 18.1 Å². The van der Waals surface area contributed by atoms with Gasteiger partial charge in [-0.25, -0.2) is 14.3 Å². The molecule has 0 bridgehead atoms. The van der Waals surface area contributed by atoms with Gasteiger partial charge in [-0.3, -0.25) is 0 Å². The van der Waals surface area contributed by atoms with Crippen LogP contribution in [0.3, 0.4) is 0 Å². The molecule has 3 aromatic rings. The predicted octanol–water partition coefficient (Wildman–Crippen LogP) is 4.78. The summed E-state index contributed by atoms with van der Waals surface area (Å²) in [5, 5.41) is 4.64. The smallest absolute Gasteiger partial charge is 0.416 e. The van der Waals surface area contributed by atoms with E-state index in [1.54, 1.807) is 18.2 Å². The number of hydrogen-bond acceptors (Lipinski definition) is 5. The molecule has 156 valence electrons. The van der Waals surface area contributed by atoms with Gasteiger partial charge in [0, 0.05) is 10.6 Å². The molecule has 0 amide bonds. The van der Waals surface area contributed by atoms with Crippen LogP contribution in [0, 0.1) is 0 Å². The summed E-state index contributed by atoms with van der Waals surface area (Å²) in [7, 11) is 2.23. The average Bonchev–Trinajstić information content (AvgIpc) is 3.12. The van der Waals surface area contributed by atoms with Gasteiger partial charge in [-0.1, -0.05) is 29.8 Å². The lowest BCUT2D eigenvalue weighted by Gasteiger charge is -2.08. The largest absolute Gasteiger partial charge is 0.465 e. The zero-order chi connectivity index (χ0) is 22.1. The van der Waals surface area contributed by atoms with Crippen molar-refractivity contribution in [3.63, 3.8) is 0 Å². The molecule has 3 rings (SSSR count). The molecule has 0 radical (unpaired) electrons. The van der Waals surface area contributed by atoms with Gasteiger partial charge in [0.05, 0.1) is 25.5 Å². The van der Waals surface area contributed by atoms with E-state index in [1.165, 1.54) is 6.07 Å². The number of alkyl halides is 3. The lowest BCUT2D eigenvalue weighted by Crippen LogP contribution is -2.15. The Morgan fingerprint density at radius 3 is 2.17 bits per heavy atom. The van der Waals surface area contributed by atoms with E-state index in [4.69, 9.17) is 21.1 Å². The Hall–Kier alpha value is -3.33. The third-order valence-electron chi connectivity index (χ3n) is 4.19. The number of benzene rings is 2. The number of ether oxygens (including phenoxy) is 2. The van der Waals surface area contributed by atoms with Gasteiger partial charge in [0.25, 0.3) is 0 Å². The van der Waals surface area contributed by atoms with E-state index >= 15 is 0 Å². The number of nitrogens with zero attached hydrogens (tertiary/aromatic N) is 2. The second-order valence-corrected chi connectivity index (χ2v) is 6.46. The van der Waals surface area contributed by atoms with E-state index in [1.807, 2.05) is 0 Å². The van der Waals surface area contributed by atoms with Crippen molar-refractivity contribution in [1.82, 2.24) is 9.78 Å². The maximum absolute atomic E-state index is 12.9. The molecule has 0 saturated heterocycles. The summed E-state index contributed by atoms with van der Waals surface area (Å²) in [5.74, 6) is -1.79. The molecule has 0 atom stereocenters. The van der Waals surface area contributed by atoms with E-state index < -0.39 is 23.7 Å². The molecule has 0 aliphatic heterocycles. The number of rotatable bonds is 4. The van der Waals surface area contributed by atoms with Gasteiger partial charge < -0.3 is 9.47 Å². The summed E-state index contributed by atoms with van der Waals surface area (Å²) in [6.45, 7) is 0. The number of methoxy groups -OCH3 is 2. The Kier molecular flexibility index (Phi) is 5.84. The number of hydrogen-bond donors (Lipinski definition) is 0. The summed E-state index contributed by atoms with van der Waals surface area (Å²) in [5.41, 5.74) is -0.893. The lowest BCUT2D eigenvalue weighted by molar-refractivity contribution is -0.137. The minimum Gasteiger partial charge on any atom is -0.465 e. The van der Waals surface area contributed by atoms with E-state index in [0.29, 0.717) is 10.7 Å². The fraction of sp³-hybridized carbons (Fsp3) is 0.150. The molecular formula is C20H14ClF3N2O4. The first-order valence-corrected chi connectivity index (χ1v) is 8.78. The zero-order valence-electron chi connectivity index (χ0n) is 15.7. The summed E-state index contributed by atoms with van der Waals surface area (Å²) in [4.78, 5) is 25.0. The molecular weight excluding hydrogens is 425 g/mol. The molecule has 10 heteroatoms. The molecule has 1 aromatic heterocycles. The van der Waals surface area contributed by atoms with Crippen LogP contribution < -0.4 is 0 Å². The van der Waals surface area contributed by atoms with Gasteiger partial charge in [0.2, 0.25) is 0 Å². The minimum atomic E-state index is -4.53. The lowest BCUT2D eigenvalue weighted by atomic mass is 10.0. The Morgan fingerprint density at radius 2 is 1.63 bits per heavy atom. The van der Waals surface area contributed by atoms with E-state index in [-0.39, 0.29) is 22.5 Å². The van der Waals surface area contributed by atoms with Crippen LogP contribution in [0.25, 0.3) is 16.9 Å². The first kappa shape index (κ1) is 21.4. The van der Waals surface area contributed by atoms with Crippen LogP contribution in [0.5, 0.6) is 0 Å². The molecule has 0 aliphatic carbocycles. The van der Waals surface area contributed by atoms with E-state index in [2.05, 4.69) is 5.10 Å². The molecule has 0 saturated carbocycles. The predicted molar refractivity (Wildman–Crippen MR) is 102 cm³/mol. The molecule has 0 spiro atoms. The monoisotopic (exact) mass is 438 g/mol. The van der Waals surface area contributed by atoms with Gasteiger partial charge in [0.1, 0.15) is 11.3 Å². The maximum atomic E-state index is 12.9. The van der Waals surface area contributed by atoms with Gasteiger partial charge in [-0.15, -0.1) is 0 Å². The normalized spacial score (nSPS) is 11.3. The van der Waals surface area contributed by atoms with Crippen LogP contribution in [0.2, 0.25) is 5.02 Å². The van der Waals surface area contributed by atoms with Crippen molar-refractivity contribution in [1.29, 1.82) is 0 Å². The molecule has 30 heavy (non-hydrogen) atoms. The number of aromatic nitrogens is 2. The molecule has 0 aliphatic rings. The third kappa shape index (κ3) is 4.02. The molecule has 0 unspecified atom stereocenters. The second kappa shape index (κ2) is 8.19. The highest BCUT2D eigenvalue weighted by molar-refractivity contribution is 6.30. The SMILES string of the molecule is COC(=O)c1c(-c2ccc(C(F)(F)F)cc2)nn(-c2cccc(Cl)c2)c1C(=O)OC. The second-order valence-electron chi connectivity index (χ2n) is 6.02. The standard InChI is InChI=1S/C20H14ClF3N2O4/c1-29-18(27)15-16(11-6-8-12(9-7-11)20(22,23)24)25-26(17(15)19(28)30-2)14-5-3-4-13(21)10-14/h3-10H,1-2H3. The van der Waals surface area contributed by atoms with Crippen molar-refractivity contribution < 1.29 is 32.2 Å². The van der Waals surface area contributed by atoms with Crippen LogP contribution >= 0.6 is 11.6 Å². The molecule has 6 nitrogen and oxygen atoms in total. The quantitative estimate of drug-likeness (QED) is 0.548. The highest BCUT2D eigenvalue weighted by Gasteiger charge is 2.33. The van der Waals surface area contributed by atoms with Crippen molar-refractivity contribution in [3.8, 4) is 16.9 Å². The Bertz CT molecular complexity index is 1110. The first-order valence-electron chi connectivity index (χ1n) is 8.40. The number of esters is 2. The van der Waals surface area contributed by atoms with Gasteiger partial charge in [-0.05, 0) is 30.3 Å². The summed E-state index contributed by atoms with van der Waals surface area (Å²) in [6.07, 6.45) is -4.53. The summed E-state index contributed by atoms with van der Waals surface area (Å²) >= 11 is 6.02. The Morgan fingerprint density at radius 1 is 1.00 bits per heavy atom. The van der Waals surface area contributed by atoms with Gasteiger partial charge in [0.15, 0.2) is 5.69 Å². The number of halogens is 4. The Labute approximate surface area is 173 Å². The maximum Gasteiger partial charge on any atom is 0.416 e. The molecule has 0 fully saturated rings. The average molecular weight is 439 g/mol. The van der Waals surface area contributed by atoms with Crippen LogP contribution in [0.15, 0.2) is 48.5 Å². The summed E-state index contributed by atoms with van der Waals surface area (Å²) in [6, 6.07) is 10.3. The number of carbonyl (C=O) groups excluding carboxylic acids is 2. The molecule has 1 heterocycles. The summed E-state index contributed by atoms with van der Waals surface area (Å²) < 4.78 is 49.4. The van der Waals surface area contributed by atoms with E-state index in [9.17, 15) is 22.8 Å². The fourth-order valence-electron chi connectivity index (χ4n) is 2.81.